The van der Waals surface area contributed by atoms with E-state index in [4.69, 9.17) is 9.47 Å². The lowest BCUT2D eigenvalue weighted by molar-refractivity contribution is -0.189. The molecule has 1 atom stereocenters. The molecule has 0 bridgehead atoms. The lowest BCUT2D eigenvalue weighted by Crippen LogP contribution is -2.33. The van der Waals surface area contributed by atoms with E-state index in [1.165, 1.54) is 24.1 Å². The fourth-order valence-corrected chi connectivity index (χ4v) is 3.71. The number of alkyl halides is 3. The van der Waals surface area contributed by atoms with Gasteiger partial charge in [0.1, 0.15) is 23.2 Å². The number of carbonyl (C=O) groups is 1. The molecule has 1 unspecified atom stereocenters. The molecule has 12 heteroatoms. The summed E-state index contributed by atoms with van der Waals surface area (Å²) >= 11 is 0. The molecule has 3 heterocycles. The molecule has 4 rings (SSSR count). The van der Waals surface area contributed by atoms with Gasteiger partial charge in [0.2, 0.25) is 0 Å². The van der Waals surface area contributed by atoms with Crippen LogP contribution in [0.1, 0.15) is 39.9 Å². The number of methoxy groups -OCH3 is 1. The number of aromatic nitrogens is 4. The smallest absolute Gasteiger partial charge is 0.425 e. The van der Waals surface area contributed by atoms with Gasteiger partial charge < -0.3 is 18.9 Å². The van der Waals surface area contributed by atoms with Gasteiger partial charge in [-0.3, -0.25) is 4.79 Å². The number of fused-ring (bicyclic) bond motifs is 1. The van der Waals surface area contributed by atoms with Gasteiger partial charge in [0, 0.05) is 25.4 Å². The Morgan fingerprint density at radius 1 is 1.29 bits per heavy atom. The van der Waals surface area contributed by atoms with Crippen molar-refractivity contribution in [2.24, 2.45) is 7.05 Å². The molecule has 1 aliphatic rings. The third kappa shape index (κ3) is 3.93. The molecule has 0 saturated carbocycles. The third-order valence-electron chi connectivity index (χ3n) is 5.68. The Morgan fingerprint density at radius 3 is 2.62 bits per heavy atom. The van der Waals surface area contributed by atoms with Gasteiger partial charge in [-0.05, 0) is 26.0 Å². The maximum atomic E-state index is 13.5. The van der Waals surface area contributed by atoms with E-state index in [-0.39, 0.29) is 35.7 Å². The van der Waals surface area contributed by atoms with Crippen molar-refractivity contribution in [1.82, 2.24) is 24.2 Å². The van der Waals surface area contributed by atoms with Gasteiger partial charge in [0.25, 0.3) is 5.91 Å². The molecular formula is C22H21F3N6O3. The first-order chi connectivity index (χ1) is 16.0. The second-order valence-electron chi connectivity index (χ2n) is 7.88. The Labute approximate surface area is 192 Å². The summed E-state index contributed by atoms with van der Waals surface area (Å²) in [6.07, 6.45) is -3.39. The van der Waals surface area contributed by atoms with Crippen LogP contribution in [-0.4, -0.2) is 49.5 Å². The lowest BCUT2D eigenvalue weighted by Gasteiger charge is -2.23. The Hall–Kier alpha value is -4.01. The molecule has 1 amide bonds. The van der Waals surface area contributed by atoms with Gasteiger partial charge >= 0.3 is 6.18 Å². The van der Waals surface area contributed by atoms with Crippen molar-refractivity contribution in [3.05, 3.63) is 52.7 Å². The summed E-state index contributed by atoms with van der Waals surface area (Å²) in [7, 11) is 3.09. The van der Waals surface area contributed by atoms with E-state index in [0.717, 1.165) is 24.0 Å². The molecule has 178 valence electrons. The Morgan fingerprint density at radius 2 is 2.03 bits per heavy atom. The van der Waals surface area contributed by atoms with Gasteiger partial charge in [-0.15, -0.1) is 0 Å². The minimum Gasteiger partial charge on any atom is -0.494 e. The molecule has 0 spiro atoms. The number of nitrogens with zero attached hydrogens (tertiary/aromatic N) is 6. The number of imidazole rings is 1. The molecule has 0 N–H and O–H groups in total. The van der Waals surface area contributed by atoms with Crippen molar-refractivity contribution in [3.8, 4) is 23.4 Å². The molecule has 0 fully saturated rings. The second-order valence-corrected chi connectivity index (χ2v) is 7.88. The topological polar surface area (TPSA) is 98.2 Å². The number of nitriles is 1. The standard InChI is InChI=1S/C22H21F3N6O3/c1-12(22(23,24)25)34-17-6-5-14(7-26)20(33-4)19(17)21(32)30-9-15-8-27-31(16(15)10-30)18-11-29(3)13(2)28-18/h5-6,8,11-12H,9-10H2,1-4H3. The van der Waals surface area contributed by atoms with Crippen molar-refractivity contribution in [3.63, 3.8) is 0 Å². The normalized spacial score (nSPS) is 14.0. The van der Waals surface area contributed by atoms with Gasteiger partial charge in [0.15, 0.2) is 17.7 Å². The fraction of sp³-hybridized carbons (Fsp3) is 0.364. The molecule has 0 saturated heterocycles. The summed E-state index contributed by atoms with van der Waals surface area (Å²) in [5.41, 5.74) is 1.27. The molecule has 0 aliphatic carbocycles. The molecule has 34 heavy (non-hydrogen) atoms. The first-order valence-electron chi connectivity index (χ1n) is 10.2. The second kappa shape index (κ2) is 8.40. The number of benzene rings is 1. The average molecular weight is 474 g/mol. The number of halogens is 3. The number of aryl methyl sites for hydroxylation is 2. The molecular weight excluding hydrogens is 453 g/mol. The van der Waals surface area contributed by atoms with Crippen LogP contribution < -0.4 is 9.47 Å². The lowest BCUT2D eigenvalue weighted by atomic mass is 10.1. The summed E-state index contributed by atoms with van der Waals surface area (Å²) < 4.78 is 53.3. The van der Waals surface area contributed by atoms with Crippen molar-refractivity contribution in [2.45, 2.75) is 39.2 Å². The number of amides is 1. The fourth-order valence-electron chi connectivity index (χ4n) is 3.71. The Kier molecular flexibility index (Phi) is 5.72. The highest BCUT2D eigenvalue weighted by Gasteiger charge is 2.40. The highest BCUT2D eigenvalue weighted by molar-refractivity contribution is 6.00. The van der Waals surface area contributed by atoms with Gasteiger partial charge in [-0.1, -0.05) is 0 Å². The Bertz CT molecular complexity index is 1280. The number of ether oxygens (including phenoxy) is 2. The van der Waals surface area contributed by atoms with Crippen LogP contribution in [-0.2, 0) is 20.1 Å². The summed E-state index contributed by atoms with van der Waals surface area (Å²) in [6, 6.07) is 4.33. The highest BCUT2D eigenvalue weighted by atomic mass is 19.4. The number of hydrogen-bond donors (Lipinski definition) is 0. The van der Waals surface area contributed by atoms with Crippen LogP contribution in [0.4, 0.5) is 13.2 Å². The predicted octanol–water partition coefficient (Wildman–Crippen LogP) is 3.28. The van der Waals surface area contributed by atoms with E-state index in [1.807, 2.05) is 24.6 Å². The first kappa shape index (κ1) is 23.2. The van der Waals surface area contributed by atoms with Crippen molar-refractivity contribution in [1.29, 1.82) is 5.26 Å². The zero-order valence-electron chi connectivity index (χ0n) is 18.8. The van der Waals surface area contributed by atoms with Crippen LogP contribution in [0.2, 0.25) is 0 Å². The molecule has 2 aromatic heterocycles. The Balaban J connectivity index is 1.70. The largest absolute Gasteiger partial charge is 0.494 e. The van der Waals surface area contributed by atoms with Gasteiger partial charge in [-0.25, -0.2) is 9.67 Å². The van der Waals surface area contributed by atoms with Crippen LogP contribution in [0, 0.1) is 18.3 Å². The molecule has 3 aromatic rings. The number of carbonyl (C=O) groups excluding carboxylic acids is 1. The minimum absolute atomic E-state index is 0.00436. The van der Waals surface area contributed by atoms with Crippen LogP contribution in [0.15, 0.2) is 24.5 Å². The van der Waals surface area contributed by atoms with E-state index in [9.17, 15) is 23.2 Å². The maximum Gasteiger partial charge on any atom is 0.425 e. The zero-order valence-corrected chi connectivity index (χ0v) is 18.8. The number of hydrogen-bond acceptors (Lipinski definition) is 6. The van der Waals surface area contributed by atoms with Gasteiger partial charge in [0.05, 0.1) is 31.1 Å². The number of rotatable bonds is 5. The quantitative estimate of drug-likeness (QED) is 0.563. The summed E-state index contributed by atoms with van der Waals surface area (Å²) in [4.78, 5) is 19.4. The summed E-state index contributed by atoms with van der Waals surface area (Å²) in [5, 5.41) is 13.8. The monoisotopic (exact) mass is 474 g/mol. The van der Waals surface area contributed by atoms with Crippen LogP contribution >= 0.6 is 0 Å². The van der Waals surface area contributed by atoms with Crippen LogP contribution in [0.5, 0.6) is 11.5 Å². The average Bonchev–Trinajstić information content (AvgIpc) is 3.46. The van der Waals surface area contributed by atoms with E-state index in [1.54, 1.807) is 17.1 Å². The maximum absolute atomic E-state index is 13.5. The minimum atomic E-state index is -4.64. The summed E-state index contributed by atoms with van der Waals surface area (Å²) in [6.45, 7) is 3.00. The van der Waals surface area contributed by atoms with Crippen LogP contribution in [0.25, 0.3) is 5.82 Å². The first-order valence-corrected chi connectivity index (χ1v) is 10.2. The SMILES string of the molecule is COc1c(C#N)ccc(OC(C)C(F)(F)F)c1C(=O)N1Cc2cnn(-c3cn(C)c(C)n3)c2C1. The van der Waals surface area contributed by atoms with E-state index in [0.29, 0.717) is 5.82 Å². The third-order valence-corrected chi connectivity index (χ3v) is 5.68. The van der Waals surface area contributed by atoms with E-state index in [2.05, 4.69) is 10.1 Å². The molecule has 9 nitrogen and oxygen atoms in total. The van der Waals surface area contributed by atoms with E-state index < -0.39 is 18.2 Å². The van der Waals surface area contributed by atoms with Crippen molar-refractivity contribution < 1.29 is 27.4 Å². The van der Waals surface area contributed by atoms with Crippen LogP contribution in [0.3, 0.4) is 0 Å². The highest BCUT2D eigenvalue weighted by Crippen LogP contribution is 2.37. The molecule has 0 radical (unpaired) electrons. The molecule has 1 aromatic carbocycles. The zero-order chi connectivity index (χ0) is 24.8. The van der Waals surface area contributed by atoms with E-state index >= 15 is 0 Å². The summed E-state index contributed by atoms with van der Waals surface area (Å²) in [5.74, 6) is 0.283. The predicted molar refractivity (Wildman–Crippen MR) is 112 cm³/mol. The van der Waals surface area contributed by atoms with Crippen molar-refractivity contribution in [2.75, 3.05) is 7.11 Å². The van der Waals surface area contributed by atoms with Gasteiger partial charge in [-0.2, -0.15) is 23.5 Å². The van der Waals surface area contributed by atoms with Crippen molar-refractivity contribution >= 4 is 5.91 Å². The molecule has 1 aliphatic heterocycles.